The summed E-state index contributed by atoms with van der Waals surface area (Å²) in [6.45, 7) is 7.33. The molecular formula is C17H23ClFNO2. The van der Waals surface area contributed by atoms with Crippen LogP contribution in [0.15, 0.2) is 12.1 Å². The molecule has 1 saturated heterocycles. The van der Waals surface area contributed by atoms with Gasteiger partial charge in [0, 0.05) is 23.6 Å². The molecule has 3 atom stereocenters. The molecule has 3 nitrogen and oxygen atoms in total. The third-order valence-electron chi connectivity index (χ3n) is 4.15. The van der Waals surface area contributed by atoms with Crippen molar-refractivity contribution in [1.29, 1.82) is 0 Å². The fourth-order valence-corrected chi connectivity index (χ4v) is 3.22. The highest BCUT2D eigenvalue weighted by Gasteiger charge is 2.34. The lowest BCUT2D eigenvalue weighted by molar-refractivity contribution is -0.123. The van der Waals surface area contributed by atoms with Crippen LogP contribution in [-0.2, 0) is 9.53 Å². The van der Waals surface area contributed by atoms with Gasteiger partial charge in [-0.05, 0) is 37.3 Å². The Morgan fingerprint density at radius 1 is 1.41 bits per heavy atom. The minimum absolute atomic E-state index is 0.0281. The molecule has 2 rings (SSSR count). The maximum Gasteiger partial charge on any atom is 0.217 e. The highest BCUT2D eigenvalue weighted by Crippen LogP contribution is 2.39. The molecular weight excluding hydrogens is 305 g/mol. The van der Waals surface area contributed by atoms with Gasteiger partial charge in [-0.3, -0.25) is 4.79 Å². The Kier molecular flexibility index (Phi) is 5.45. The van der Waals surface area contributed by atoms with Gasteiger partial charge in [0.25, 0.3) is 0 Å². The number of ether oxygens (including phenoxy) is 1. The van der Waals surface area contributed by atoms with E-state index in [9.17, 15) is 9.18 Å². The van der Waals surface area contributed by atoms with E-state index in [2.05, 4.69) is 19.2 Å². The zero-order valence-electron chi connectivity index (χ0n) is 13.5. The SMILES string of the molecule is CC(=O)N[C@H]1C[C@@H](C(C)C)O[C@@H](c2c(Cl)ccc(C)c2F)C1. The van der Waals surface area contributed by atoms with Gasteiger partial charge in [0.2, 0.25) is 5.91 Å². The number of aryl methyl sites for hydroxylation is 1. The maximum absolute atomic E-state index is 14.5. The Morgan fingerprint density at radius 2 is 2.09 bits per heavy atom. The van der Waals surface area contributed by atoms with E-state index in [0.29, 0.717) is 22.6 Å². The topological polar surface area (TPSA) is 38.3 Å². The fraction of sp³-hybridized carbons (Fsp3) is 0.588. The molecule has 1 aliphatic rings. The first-order valence-corrected chi connectivity index (χ1v) is 8.04. The van der Waals surface area contributed by atoms with Crippen LogP contribution in [0, 0.1) is 18.7 Å². The highest BCUT2D eigenvalue weighted by molar-refractivity contribution is 6.31. The normalized spacial score (nSPS) is 25.3. The first-order valence-electron chi connectivity index (χ1n) is 7.66. The number of rotatable bonds is 3. The second kappa shape index (κ2) is 6.97. The monoisotopic (exact) mass is 327 g/mol. The molecule has 1 N–H and O–H groups in total. The number of amides is 1. The average molecular weight is 328 g/mol. The molecule has 22 heavy (non-hydrogen) atoms. The summed E-state index contributed by atoms with van der Waals surface area (Å²) < 4.78 is 20.6. The molecule has 1 aliphatic heterocycles. The number of hydrogen-bond donors (Lipinski definition) is 1. The first-order chi connectivity index (χ1) is 10.3. The van der Waals surface area contributed by atoms with Crippen LogP contribution in [0.4, 0.5) is 4.39 Å². The summed E-state index contributed by atoms with van der Waals surface area (Å²) >= 11 is 6.21. The summed E-state index contributed by atoms with van der Waals surface area (Å²) in [7, 11) is 0. The van der Waals surface area contributed by atoms with Gasteiger partial charge in [-0.15, -0.1) is 0 Å². The maximum atomic E-state index is 14.5. The number of nitrogens with one attached hydrogen (secondary N) is 1. The van der Waals surface area contributed by atoms with Gasteiger partial charge in [0.1, 0.15) is 5.82 Å². The van der Waals surface area contributed by atoms with Crippen LogP contribution in [0.3, 0.4) is 0 Å². The molecule has 5 heteroatoms. The van der Waals surface area contributed by atoms with E-state index in [4.69, 9.17) is 16.3 Å². The van der Waals surface area contributed by atoms with Gasteiger partial charge in [0.05, 0.1) is 12.2 Å². The van der Waals surface area contributed by atoms with Gasteiger partial charge >= 0.3 is 0 Å². The van der Waals surface area contributed by atoms with E-state index in [1.165, 1.54) is 6.92 Å². The van der Waals surface area contributed by atoms with Crippen LogP contribution >= 0.6 is 11.6 Å². The minimum Gasteiger partial charge on any atom is -0.370 e. The zero-order chi connectivity index (χ0) is 16.4. The average Bonchev–Trinajstić information content (AvgIpc) is 2.42. The van der Waals surface area contributed by atoms with E-state index in [0.717, 1.165) is 6.42 Å². The Labute approximate surface area is 136 Å². The minimum atomic E-state index is -0.439. The summed E-state index contributed by atoms with van der Waals surface area (Å²) in [5.41, 5.74) is 0.952. The predicted octanol–water partition coefficient (Wildman–Crippen LogP) is 4.17. The van der Waals surface area contributed by atoms with E-state index in [1.54, 1.807) is 19.1 Å². The molecule has 1 heterocycles. The zero-order valence-corrected chi connectivity index (χ0v) is 14.2. The standard InChI is InChI=1S/C17H23ClFNO2/c1-9(2)14-7-12(20-11(4)21)8-15(22-14)16-13(18)6-5-10(3)17(16)19/h5-6,9,12,14-15H,7-8H2,1-4H3,(H,20,21)/t12-,14-,15+/m0/s1. The van der Waals surface area contributed by atoms with Gasteiger partial charge < -0.3 is 10.1 Å². The van der Waals surface area contributed by atoms with Crippen LogP contribution in [0.5, 0.6) is 0 Å². The second-order valence-electron chi connectivity index (χ2n) is 6.37. The molecule has 1 aromatic rings. The van der Waals surface area contributed by atoms with Gasteiger partial charge in [-0.25, -0.2) is 4.39 Å². The number of hydrogen-bond acceptors (Lipinski definition) is 2. The number of carbonyl (C=O) groups is 1. The van der Waals surface area contributed by atoms with E-state index >= 15 is 0 Å². The van der Waals surface area contributed by atoms with Crippen molar-refractivity contribution in [1.82, 2.24) is 5.32 Å². The Bertz CT molecular complexity index is 562. The van der Waals surface area contributed by atoms with Crippen LogP contribution in [0.1, 0.15) is 50.8 Å². The Morgan fingerprint density at radius 3 is 2.68 bits per heavy atom. The van der Waals surface area contributed by atoms with E-state index < -0.39 is 6.10 Å². The molecule has 0 bridgehead atoms. The van der Waals surface area contributed by atoms with Crippen molar-refractivity contribution in [2.24, 2.45) is 5.92 Å². The molecule has 0 radical (unpaired) electrons. The van der Waals surface area contributed by atoms with Gasteiger partial charge in [-0.2, -0.15) is 0 Å². The highest BCUT2D eigenvalue weighted by atomic mass is 35.5. The molecule has 122 valence electrons. The quantitative estimate of drug-likeness (QED) is 0.905. The van der Waals surface area contributed by atoms with Crippen molar-refractivity contribution in [3.8, 4) is 0 Å². The molecule has 0 aromatic heterocycles. The molecule has 0 unspecified atom stereocenters. The number of halogens is 2. The van der Waals surface area contributed by atoms with Crippen molar-refractivity contribution in [2.45, 2.75) is 58.8 Å². The lowest BCUT2D eigenvalue weighted by Crippen LogP contribution is -2.44. The van der Waals surface area contributed by atoms with Crippen molar-refractivity contribution in [3.05, 3.63) is 34.1 Å². The van der Waals surface area contributed by atoms with Gasteiger partial charge in [0.15, 0.2) is 0 Å². The van der Waals surface area contributed by atoms with Crippen molar-refractivity contribution in [3.63, 3.8) is 0 Å². The lowest BCUT2D eigenvalue weighted by Gasteiger charge is -2.38. The summed E-state index contributed by atoms with van der Waals surface area (Å²) in [4.78, 5) is 11.4. The van der Waals surface area contributed by atoms with Crippen molar-refractivity contribution < 1.29 is 13.9 Å². The molecule has 1 amide bonds. The van der Waals surface area contributed by atoms with E-state index in [-0.39, 0.29) is 29.8 Å². The first kappa shape index (κ1) is 17.2. The number of carbonyl (C=O) groups excluding carboxylic acids is 1. The molecule has 0 spiro atoms. The molecule has 0 aliphatic carbocycles. The Balaban J connectivity index is 2.32. The summed E-state index contributed by atoms with van der Waals surface area (Å²) in [5.74, 6) is -0.113. The van der Waals surface area contributed by atoms with Crippen molar-refractivity contribution >= 4 is 17.5 Å². The van der Waals surface area contributed by atoms with Crippen LogP contribution < -0.4 is 5.32 Å². The third-order valence-corrected chi connectivity index (χ3v) is 4.48. The fourth-order valence-electron chi connectivity index (χ4n) is 2.95. The summed E-state index contributed by atoms with van der Waals surface area (Å²) in [6.07, 6.45) is 0.791. The van der Waals surface area contributed by atoms with Crippen LogP contribution in [0.25, 0.3) is 0 Å². The van der Waals surface area contributed by atoms with Crippen LogP contribution in [0.2, 0.25) is 5.02 Å². The Hall–Kier alpha value is -1.13. The molecule has 0 saturated carbocycles. The molecule has 1 fully saturated rings. The van der Waals surface area contributed by atoms with Crippen molar-refractivity contribution in [2.75, 3.05) is 0 Å². The largest absolute Gasteiger partial charge is 0.370 e. The second-order valence-corrected chi connectivity index (χ2v) is 6.78. The van der Waals surface area contributed by atoms with Crippen LogP contribution in [-0.4, -0.2) is 18.1 Å². The predicted molar refractivity (Wildman–Crippen MR) is 85.4 cm³/mol. The number of benzene rings is 1. The summed E-state index contributed by atoms with van der Waals surface area (Å²) in [5, 5.41) is 3.31. The summed E-state index contributed by atoms with van der Waals surface area (Å²) in [6, 6.07) is 3.33. The van der Waals surface area contributed by atoms with Gasteiger partial charge in [-0.1, -0.05) is 31.5 Å². The third kappa shape index (κ3) is 3.79. The molecule has 1 aromatic carbocycles. The smallest absolute Gasteiger partial charge is 0.217 e. The lowest BCUT2D eigenvalue weighted by atomic mass is 9.89. The van der Waals surface area contributed by atoms with E-state index in [1.807, 2.05) is 0 Å².